The van der Waals surface area contributed by atoms with E-state index in [1.54, 1.807) is 84.9 Å². The Balaban J connectivity index is 0.000000146. The molecule has 6 N–H and O–H groups in total. The van der Waals surface area contributed by atoms with Crippen molar-refractivity contribution in [3.05, 3.63) is 250 Å². The van der Waals surface area contributed by atoms with E-state index in [0.29, 0.717) is 38.4 Å². The number of aromatic amines is 3. The predicted octanol–water partition coefficient (Wildman–Crippen LogP) is 14.7. The summed E-state index contributed by atoms with van der Waals surface area (Å²) in [7, 11) is -6.51. The Hall–Kier alpha value is -9.15. The zero-order valence-corrected chi connectivity index (χ0v) is 51.6. The number of rotatable bonds is 15. The van der Waals surface area contributed by atoms with E-state index < -0.39 is 30.1 Å². The fourth-order valence-electron chi connectivity index (χ4n) is 9.37. The first-order valence-corrected chi connectivity index (χ1v) is 32.4. The Bertz CT molecular complexity index is 4780. The van der Waals surface area contributed by atoms with Gasteiger partial charge in [0.2, 0.25) is 30.1 Å². The number of aryl methyl sites for hydroxylation is 1. The highest BCUT2D eigenvalue weighted by molar-refractivity contribution is 7.90. The van der Waals surface area contributed by atoms with Crippen LogP contribution in [0, 0.1) is 12.7 Å². The van der Waals surface area contributed by atoms with E-state index in [2.05, 4.69) is 75.3 Å². The van der Waals surface area contributed by atoms with Crippen LogP contribution in [0.1, 0.15) is 39.7 Å². The summed E-state index contributed by atoms with van der Waals surface area (Å²) in [4.78, 5) is 24.1. The fourth-order valence-corrected chi connectivity index (χ4v) is 12.5. The van der Waals surface area contributed by atoms with E-state index in [-0.39, 0.29) is 20.5 Å². The lowest BCUT2D eigenvalue weighted by molar-refractivity contribution is 0.587. The molecular formula is C67H56Cl2FN9O6S3. The molecule has 15 nitrogen and oxygen atoms in total. The largest absolute Gasteiger partial charge is 0.338 e. The van der Waals surface area contributed by atoms with Crippen molar-refractivity contribution in [3.8, 4) is 33.4 Å². The molecule has 0 aliphatic carbocycles. The number of nitrogens with zero attached hydrogens (tertiary/aromatic N) is 3. The average Bonchev–Trinajstić information content (AvgIpc) is 4.17. The summed E-state index contributed by atoms with van der Waals surface area (Å²) in [5.41, 5.74) is 13.1. The lowest BCUT2D eigenvalue weighted by atomic mass is 10.1. The number of imidazole rings is 3. The van der Waals surface area contributed by atoms with Crippen LogP contribution in [0.3, 0.4) is 0 Å². The fraction of sp³-hybridized carbons (Fsp3) is 0.0597. The lowest BCUT2D eigenvalue weighted by Gasteiger charge is -2.09. The molecule has 0 aliphatic heterocycles. The summed E-state index contributed by atoms with van der Waals surface area (Å²) in [6.45, 7) is 2.06. The van der Waals surface area contributed by atoms with Crippen molar-refractivity contribution in [2.75, 3.05) is 21.1 Å². The average molecular weight is 1270 g/mol. The number of halogens is 3. The number of sulfonamides is 3. The van der Waals surface area contributed by atoms with Crippen LogP contribution >= 0.6 is 23.2 Å². The van der Waals surface area contributed by atoms with Gasteiger partial charge in [0.25, 0.3) is 0 Å². The Kier molecular flexibility index (Phi) is 18.9. The topological polar surface area (TPSA) is 225 Å². The second-order valence-electron chi connectivity index (χ2n) is 19.8. The summed E-state index contributed by atoms with van der Waals surface area (Å²) >= 11 is 12.0. The van der Waals surface area contributed by atoms with Gasteiger partial charge in [0, 0.05) is 16.7 Å². The third kappa shape index (κ3) is 14.6. The van der Waals surface area contributed by atoms with Crippen molar-refractivity contribution >= 4 is 123 Å². The quantitative estimate of drug-likeness (QED) is 0.0573. The van der Waals surface area contributed by atoms with Gasteiger partial charge in [0.15, 0.2) is 0 Å². The molecule has 0 radical (unpaired) electrons. The Morgan fingerprint density at radius 2 is 0.716 bits per heavy atom. The van der Waals surface area contributed by atoms with E-state index in [4.69, 9.17) is 23.2 Å². The summed E-state index contributed by atoms with van der Waals surface area (Å²) in [5, 5.41) is 0.994. The second-order valence-corrected chi connectivity index (χ2v) is 26.2. The molecule has 0 bridgehead atoms. The molecule has 3 heterocycles. The van der Waals surface area contributed by atoms with Crippen molar-refractivity contribution in [1.29, 1.82) is 0 Å². The number of benzene rings is 9. The highest BCUT2D eigenvalue weighted by Gasteiger charge is 2.21. The molecule has 0 unspecified atom stereocenters. The molecule has 9 aromatic carbocycles. The number of nitrogens with one attached hydrogen (secondary N) is 6. The second kappa shape index (κ2) is 26.9. The molecular weight excluding hydrogens is 1210 g/mol. The molecule has 21 heteroatoms. The van der Waals surface area contributed by atoms with Gasteiger partial charge in [-0.15, -0.1) is 0 Å². The molecule has 0 spiro atoms. The lowest BCUT2D eigenvalue weighted by Crippen LogP contribution is -2.19. The van der Waals surface area contributed by atoms with Gasteiger partial charge in [0.05, 0.1) is 57.8 Å². The molecule has 0 fully saturated rings. The summed E-state index contributed by atoms with van der Waals surface area (Å²) in [6, 6.07) is 57.4. The first kappa shape index (κ1) is 61.9. The van der Waals surface area contributed by atoms with Crippen LogP contribution < -0.4 is 14.2 Å². The first-order valence-electron chi connectivity index (χ1n) is 27.2. The zero-order chi connectivity index (χ0) is 62.2. The van der Waals surface area contributed by atoms with Gasteiger partial charge >= 0.3 is 0 Å². The van der Waals surface area contributed by atoms with Crippen LogP contribution in [0.4, 0.5) is 4.39 Å². The molecule has 12 aromatic rings. The predicted molar refractivity (Wildman–Crippen MR) is 354 cm³/mol. The Morgan fingerprint density at radius 3 is 1.07 bits per heavy atom. The third-order valence-electron chi connectivity index (χ3n) is 14.0. The molecule has 3 aromatic heterocycles. The molecule has 88 heavy (non-hydrogen) atoms. The van der Waals surface area contributed by atoms with Gasteiger partial charge in [-0.3, -0.25) is 0 Å². The monoisotopic (exact) mass is 1270 g/mol. The van der Waals surface area contributed by atoms with Gasteiger partial charge in [-0.05, 0) is 159 Å². The van der Waals surface area contributed by atoms with Crippen molar-refractivity contribution in [1.82, 2.24) is 44.1 Å². The van der Waals surface area contributed by atoms with Gasteiger partial charge < -0.3 is 15.0 Å². The smallest absolute Gasteiger partial charge is 0.240 e. The highest BCUT2D eigenvalue weighted by Crippen LogP contribution is 2.33. The number of hydrogen-bond donors (Lipinski definition) is 6. The van der Waals surface area contributed by atoms with Gasteiger partial charge in [-0.2, -0.15) is 0 Å². The standard InChI is InChI=1S/C23H21N3O2S.C22H17Cl2N3O2S.C22H18FN3O2S/c1-16-7-9-17(10-8-16)11-14-23-25-20-13-12-18(15-21(20)26-23)19-5-3-4-6-22(19)29(27,28)24-2;1-25-30(28,29)21-5-3-2-4-16(21)15-8-10-19-20(13-15)27-22(26-19)11-7-14-6-9-17(23)18(24)12-14;1-24-29(27,28)21-5-3-2-4-18(21)16-9-12-19-20(14-16)26-22(25-19)13-8-15-6-10-17(23)11-7-15/h3-15,24H,1-2H3,(H,25,26);2-13,25H,1H3,(H,26,27);2-14,24H,1H3,(H,25,26)/b14-11+;11-7+;13-8+. The van der Waals surface area contributed by atoms with Gasteiger partial charge in [0.1, 0.15) is 23.3 Å². The highest BCUT2D eigenvalue weighted by atomic mass is 35.5. The molecule has 12 rings (SSSR count). The van der Waals surface area contributed by atoms with Crippen LogP contribution in [0.2, 0.25) is 10.0 Å². The van der Waals surface area contributed by atoms with Crippen LogP contribution in [0.5, 0.6) is 0 Å². The molecule has 0 atom stereocenters. The first-order chi connectivity index (χ1) is 42.3. The van der Waals surface area contributed by atoms with Crippen LogP contribution in [-0.4, -0.2) is 76.3 Å². The Morgan fingerprint density at radius 1 is 0.386 bits per heavy atom. The van der Waals surface area contributed by atoms with Crippen molar-refractivity contribution in [2.45, 2.75) is 21.6 Å². The normalized spacial score (nSPS) is 12.1. The van der Waals surface area contributed by atoms with Crippen LogP contribution in [0.15, 0.2) is 209 Å². The van der Waals surface area contributed by atoms with Gasteiger partial charge in [-0.1, -0.05) is 162 Å². The van der Waals surface area contributed by atoms with Crippen molar-refractivity contribution in [3.63, 3.8) is 0 Å². The molecule has 0 aliphatic rings. The number of H-pyrrole nitrogens is 3. The van der Waals surface area contributed by atoms with Gasteiger partial charge in [-0.25, -0.2) is 58.8 Å². The minimum absolute atomic E-state index is 0.220. The molecule has 0 saturated carbocycles. The summed E-state index contributed by atoms with van der Waals surface area (Å²) < 4.78 is 94.3. The summed E-state index contributed by atoms with van der Waals surface area (Å²) in [6.07, 6.45) is 11.3. The van der Waals surface area contributed by atoms with E-state index in [1.165, 1.54) is 38.8 Å². The maximum Gasteiger partial charge on any atom is 0.240 e. The molecule has 444 valence electrons. The van der Waals surface area contributed by atoms with E-state index in [9.17, 15) is 29.6 Å². The minimum atomic E-state index is -3.58. The summed E-state index contributed by atoms with van der Waals surface area (Å²) in [5.74, 6) is 1.79. The van der Waals surface area contributed by atoms with Crippen molar-refractivity contribution < 1.29 is 29.6 Å². The molecule has 0 amide bonds. The number of hydrogen-bond acceptors (Lipinski definition) is 9. The Labute approximate surface area is 519 Å². The van der Waals surface area contributed by atoms with E-state index in [0.717, 1.165) is 72.3 Å². The van der Waals surface area contributed by atoms with Crippen LogP contribution in [0.25, 0.3) is 103 Å². The zero-order valence-electron chi connectivity index (χ0n) is 47.6. The van der Waals surface area contributed by atoms with E-state index in [1.807, 2.05) is 109 Å². The molecule has 0 saturated heterocycles. The third-order valence-corrected chi connectivity index (χ3v) is 19.1. The van der Waals surface area contributed by atoms with Crippen LogP contribution in [-0.2, 0) is 30.1 Å². The number of fused-ring (bicyclic) bond motifs is 3. The maximum absolute atomic E-state index is 13.0. The minimum Gasteiger partial charge on any atom is -0.338 e. The van der Waals surface area contributed by atoms with E-state index >= 15 is 0 Å². The SMILES string of the molecule is CNS(=O)(=O)c1ccccc1-c1ccc2nc(/C=C/c3ccc(C)cc3)[nH]c2c1.CNS(=O)(=O)c1ccccc1-c1ccc2nc(/C=C/c3ccc(Cl)c(Cl)c3)[nH]c2c1.CNS(=O)(=O)c1ccccc1-c1ccc2nc(/C=C/c3ccc(F)cc3)[nH]c2c1. The maximum atomic E-state index is 13.0. The number of aromatic nitrogens is 6. The van der Waals surface area contributed by atoms with Crippen molar-refractivity contribution in [2.24, 2.45) is 0 Å².